The highest BCUT2D eigenvalue weighted by Gasteiger charge is 2.62. The number of fused-ring (bicyclic) bond motifs is 5. The number of ether oxygens (including phenoxy) is 1. The summed E-state index contributed by atoms with van der Waals surface area (Å²) in [7, 11) is 0. The van der Waals surface area contributed by atoms with Gasteiger partial charge in [0.25, 0.3) is 0 Å². The van der Waals surface area contributed by atoms with Gasteiger partial charge in [0.05, 0.1) is 18.4 Å². The molecule has 1 heterocycles. The van der Waals surface area contributed by atoms with Gasteiger partial charge in [0.2, 0.25) is 0 Å². The van der Waals surface area contributed by atoms with Crippen molar-refractivity contribution in [1.29, 1.82) is 0 Å². The first-order valence-corrected chi connectivity index (χ1v) is 13.5. The highest BCUT2D eigenvalue weighted by atomic mass is 16.5. The van der Waals surface area contributed by atoms with E-state index in [4.69, 9.17) is 4.74 Å². The fraction of sp³-hybridized carbons (Fsp3) is 0.889. The summed E-state index contributed by atoms with van der Waals surface area (Å²) in [5.74, 6) is 3.27. The third-order valence-electron chi connectivity index (χ3n) is 10.9. The molecule has 6 nitrogen and oxygen atoms in total. The van der Waals surface area contributed by atoms with Crippen LogP contribution in [0.2, 0.25) is 0 Å². The second-order valence-corrected chi connectivity index (χ2v) is 12.0. The standard InChI is InChI=1S/C27H43N3O3/c1-4-27-13-12-26(32,18-33-5-2)16-19(27)6-7-20-21-8-9-23(25(21,3)11-10-22(20)27)24(31)17-30-15-14-28-29-30/h14-15,19-23,32H,4-13,16-18H2,1-3H3/t19-,20+,21+,22+,23-,25+,26-,27+/m1/s1. The summed E-state index contributed by atoms with van der Waals surface area (Å²) in [6.07, 6.45) is 14.7. The van der Waals surface area contributed by atoms with Crippen molar-refractivity contribution in [1.82, 2.24) is 15.0 Å². The first kappa shape index (κ1) is 23.5. The number of aromatic nitrogens is 3. The van der Waals surface area contributed by atoms with Crippen molar-refractivity contribution in [3.05, 3.63) is 12.4 Å². The van der Waals surface area contributed by atoms with E-state index < -0.39 is 5.60 Å². The smallest absolute Gasteiger partial charge is 0.157 e. The number of rotatable bonds is 7. The zero-order chi connectivity index (χ0) is 23.3. The maximum absolute atomic E-state index is 13.3. The van der Waals surface area contributed by atoms with Gasteiger partial charge in [0, 0.05) is 18.7 Å². The van der Waals surface area contributed by atoms with Crippen LogP contribution in [-0.4, -0.2) is 44.7 Å². The van der Waals surface area contributed by atoms with E-state index in [1.807, 2.05) is 6.92 Å². The maximum Gasteiger partial charge on any atom is 0.157 e. The molecule has 4 fully saturated rings. The summed E-state index contributed by atoms with van der Waals surface area (Å²) in [4.78, 5) is 13.3. The molecule has 1 N–H and O–H groups in total. The Bertz CT molecular complexity index is 844. The van der Waals surface area contributed by atoms with Crippen molar-refractivity contribution in [2.75, 3.05) is 13.2 Å². The summed E-state index contributed by atoms with van der Waals surface area (Å²) < 4.78 is 7.37. The Labute approximate surface area is 198 Å². The second-order valence-electron chi connectivity index (χ2n) is 12.0. The third kappa shape index (κ3) is 3.80. The molecule has 33 heavy (non-hydrogen) atoms. The van der Waals surface area contributed by atoms with Gasteiger partial charge in [-0.25, -0.2) is 4.68 Å². The number of hydrogen-bond acceptors (Lipinski definition) is 5. The molecule has 6 heteroatoms. The van der Waals surface area contributed by atoms with Gasteiger partial charge < -0.3 is 9.84 Å². The van der Waals surface area contributed by atoms with Crippen LogP contribution < -0.4 is 0 Å². The predicted octanol–water partition coefficient (Wildman–Crippen LogP) is 4.66. The normalized spacial score (nSPS) is 44.7. The molecule has 0 aromatic carbocycles. The van der Waals surface area contributed by atoms with Gasteiger partial charge in [0.1, 0.15) is 6.54 Å². The second kappa shape index (κ2) is 8.75. The van der Waals surface area contributed by atoms with Crippen molar-refractivity contribution in [2.45, 2.75) is 97.1 Å². The Morgan fingerprint density at radius 1 is 1.12 bits per heavy atom. The highest BCUT2D eigenvalue weighted by Crippen LogP contribution is 2.69. The molecule has 0 bridgehead atoms. The topological polar surface area (TPSA) is 77.2 Å². The SMILES string of the molecule is CCOC[C@@]1(O)CC[C@@]2(CC)[C@H](CC[C@H]3[C@@H]4CC[C@H](C(=O)Cn5ccnn5)[C@@]4(C)CC[C@@H]32)C1. The van der Waals surface area contributed by atoms with E-state index in [1.165, 1.54) is 38.5 Å². The van der Waals surface area contributed by atoms with Crippen molar-refractivity contribution in [2.24, 2.45) is 40.4 Å². The van der Waals surface area contributed by atoms with E-state index in [9.17, 15) is 9.90 Å². The Morgan fingerprint density at radius 2 is 1.97 bits per heavy atom. The zero-order valence-electron chi connectivity index (χ0n) is 20.8. The van der Waals surface area contributed by atoms with Crippen LogP contribution in [0.5, 0.6) is 0 Å². The van der Waals surface area contributed by atoms with Gasteiger partial charge in [-0.2, -0.15) is 0 Å². The molecular weight excluding hydrogens is 414 g/mol. The lowest BCUT2D eigenvalue weighted by molar-refractivity contribution is -0.173. The molecule has 0 spiro atoms. The van der Waals surface area contributed by atoms with E-state index in [0.717, 1.165) is 37.5 Å². The molecule has 0 aliphatic heterocycles. The Morgan fingerprint density at radius 3 is 2.70 bits per heavy atom. The van der Waals surface area contributed by atoms with Crippen molar-refractivity contribution < 1.29 is 14.6 Å². The summed E-state index contributed by atoms with van der Waals surface area (Å²) in [5, 5.41) is 19.2. The van der Waals surface area contributed by atoms with E-state index in [2.05, 4.69) is 24.2 Å². The number of hydrogen-bond donors (Lipinski definition) is 1. The fourth-order valence-electron chi connectivity index (χ4n) is 9.38. The minimum atomic E-state index is -0.637. The average molecular weight is 458 g/mol. The van der Waals surface area contributed by atoms with Gasteiger partial charge in [-0.1, -0.05) is 19.1 Å². The Hall–Kier alpha value is -1.27. The van der Waals surface area contributed by atoms with Crippen LogP contribution in [0.15, 0.2) is 12.4 Å². The minimum Gasteiger partial charge on any atom is -0.387 e. The molecule has 0 radical (unpaired) electrons. The first-order valence-electron chi connectivity index (χ1n) is 13.5. The summed E-state index contributed by atoms with van der Waals surface area (Å²) in [5.41, 5.74) is -0.141. The van der Waals surface area contributed by atoms with Gasteiger partial charge in [-0.15, -0.1) is 5.10 Å². The summed E-state index contributed by atoms with van der Waals surface area (Å²) >= 11 is 0. The number of carbonyl (C=O) groups excluding carboxylic acids is 1. The zero-order valence-corrected chi connectivity index (χ0v) is 20.8. The molecular formula is C27H43N3O3. The minimum absolute atomic E-state index is 0.130. The van der Waals surface area contributed by atoms with Crippen LogP contribution in [0.4, 0.5) is 0 Å². The number of aliphatic hydroxyl groups is 1. The molecule has 0 saturated heterocycles. The lowest BCUT2D eigenvalue weighted by atomic mass is 9.42. The molecule has 184 valence electrons. The van der Waals surface area contributed by atoms with Crippen LogP contribution in [0.25, 0.3) is 0 Å². The first-order chi connectivity index (χ1) is 15.9. The molecule has 4 aliphatic carbocycles. The van der Waals surface area contributed by atoms with Gasteiger partial charge in [-0.3, -0.25) is 4.79 Å². The molecule has 4 saturated carbocycles. The van der Waals surface area contributed by atoms with E-state index >= 15 is 0 Å². The quantitative estimate of drug-likeness (QED) is 0.644. The Balaban J connectivity index is 1.33. The number of nitrogens with zero attached hydrogens (tertiary/aromatic N) is 3. The number of ketones is 1. The van der Waals surface area contributed by atoms with E-state index in [-0.39, 0.29) is 11.3 Å². The lowest BCUT2D eigenvalue weighted by Gasteiger charge is -2.63. The van der Waals surface area contributed by atoms with Crippen LogP contribution in [-0.2, 0) is 16.1 Å². The maximum atomic E-state index is 13.3. The van der Waals surface area contributed by atoms with Gasteiger partial charge in [0.15, 0.2) is 5.78 Å². The van der Waals surface area contributed by atoms with Crippen molar-refractivity contribution >= 4 is 5.78 Å². The molecule has 1 aromatic rings. The van der Waals surface area contributed by atoms with E-state index in [1.54, 1.807) is 17.1 Å². The monoisotopic (exact) mass is 457 g/mol. The van der Waals surface area contributed by atoms with Crippen LogP contribution >= 0.6 is 0 Å². The van der Waals surface area contributed by atoms with E-state index in [0.29, 0.717) is 42.8 Å². The van der Waals surface area contributed by atoms with Gasteiger partial charge >= 0.3 is 0 Å². The molecule has 0 amide bonds. The predicted molar refractivity (Wildman–Crippen MR) is 126 cm³/mol. The van der Waals surface area contributed by atoms with Crippen LogP contribution in [0.3, 0.4) is 0 Å². The molecule has 4 aliphatic rings. The molecule has 1 aromatic heterocycles. The van der Waals surface area contributed by atoms with Crippen molar-refractivity contribution in [3.63, 3.8) is 0 Å². The average Bonchev–Trinajstić information content (AvgIpc) is 3.44. The highest BCUT2D eigenvalue weighted by molar-refractivity contribution is 5.82. The largest absolute Gasteiger partial charge is 0.387 e. The van der Waals surface area contributed by atoms with Crippen molar-refractivity contribution in [3.8, 4) is 0 Å². The summed E-state index contributed by atoms with van der Waals surface area (Å²) in [6, 6.07) is 0. The Kier molecular flexibility index (Phi) is 6.22. The fourth-order valence-corrected chi connectivity index (χ4v) is 9.38. The van der Waals surface area contributed by atoms with Crippen LogP contribution in [0.1, 0.15) is 85.0 Å². The van der Waals surface area contributed by atoms with Gasteiger partial charge in [-0.05, 0) is 106 Å². The summed E-state index contributed by atoms with van der Waals surface area (Å²) in [6.45, 7) is 8.36. The molecule has 0 unspecified atom stereocenters. The molecule has 8 atom stereocenters. The third-order valence-corrected chi connectivity index (χ3v) is 10.9. The number of Topliss-reactive ketones (excluding diaryl/α,β-unsaturated/α-hetero) is 1. The van der Waals surface area contributed by atoms with Crippen LogP contribution in [0, 0.1) is 40.4 Å². The molecule has 5 rings (SSSR count). The number of carbonyl (C=O) groups is 1. The lowest BCUT2D eigenvalue weighted by Crippen LogP contribution is -2.57.